The number of anilines is 1. The average Bonchev–Trinajstić information content (AvgIpc) is 3.19. The Balaban J connectivity index is 1.34. The quantitative estimate of drug-likeness (QED) is 0.415. The van der Waals surface area contributed by atoms with Crippen molar-refractivity contribution < 1.29 is 9.53 Å². The molecule has 3 heterocycles. The second-order valence-electron chi connectivity index (χ2n) is 10.3. The van der Waals surface area contributed by atoms with Crippen LogP contribution in [0.25, 0.3) is 11.2 Å². The van der Waals surface area contributed by atoms with Crippen LogP contribution in [-0.2, 0) is 9.53 Å². The van der Waals surface area contributed by atoms with Crippen molar-refractivity contribution in [1.29, 1.82) is 5.26 Å². The van der Waals surface area contributed by atoms with Crippen molar-refractivity contribution in [2.75, 3.05) is 18.5 Å². The van der Waals surface area contributed by atoms with Crippen molar-refractivity contribution in [2.24, 2.45) is 17.1 Å². The molecule has 12 heteroatoms. The topological polar surface area (TPSA) is 132 Å². The molecule has 3 fully saturated rings. The number of primary amides is 1. The Bertz CT molecular complexity index is 1400. The first kappa shape index (κ1) is 24.9. The monoisotopic (exact) mass is 600 g/mol. The predicted molar refractivity (Wildman–Crippen MR) is 142 cm³/mol. The van der Waals surface area contributed by atoms with E-state index in [1.165, 1.54) is 0 Å². The molecule has 1 radical (unpaired) electrons. The van der Waals surface area contributed by atoms with Gasteiger partial charge in [0.15, 0.2) is 0 Å². The molecule has 6 rings (SSSR count). The first-order chi connectivity index (χ1) is 17.8. The summed E-state index contributed by atoms with van der Waals surface area (Å²) in [7, 11) is 0. The van der Waals surface area contributed by atoms with E-state index in [1.807, 2.05) is 0 Å². The summed E-state index contributed by atoms with van der Waals surface area (Å²) in [6, 6.07) is 5.84. The van der Waals surface area contributed by atoms with Crippen LogP contribution < -0.4 is 20.0 Å². The second kappa shape index (κ2) is 9.74. The number of hydrogen-bond acceptors (Lipinski definition) is 7. The van der Waals surface area contributed by atoms with Crippen LogP contribution in [0.1, 0.15) is 50.1 Å². The Morgan fingerprint density at radius 2 is 1.89 bits per heavy atom. The van der Waals surface area contributed by atoms with Gasteiger partial charge in [-0.05, 0) is 0 Å². The van der Waals surface area contributed by atoms with Gasteiger partial charge in [0.05, 0.1) is 0 Å². The number of halogens is 2. The molecule has 1 amide bonds. The Hall–Kier alpha value is -2.37. The number of nitrogens with zero attached hydrogens (tertiary/aromatic N) is 5. The summed E-state index contributed by atoms with van der Waals surface area (Å²) in [6.07, 6.45) is 6.98. The first-order valence-corrected chi connectivity index (χ1v) is 15.0. The normalized spacial score (nSPS) is 23.2. The number of ether oxygens (including phenoxy) is 1. The van der Waals surface area contributed by atoms with Crippen molar-refractivity contribution in [3.63, 3.8) is 0 Å². The van der Waals surface area contributed by atoms with E-state index in [2.05, 4.69) is 20.9 Å². The number of benzene rings is 1. The molecule has 191 valence electrons. The summed E-state index contributed by atoms with van der Waals surface area (Å²) in [5, 5.41) is 13.7. The van der Waals surface area contributed by atoms with Crippen LogP contribution in [0.4, 0.5) is 5.95 Å². The number of nitrogens with one attached hydrogen (secondary N) is 1. The Morgan fingerprint density at radius 1 is 1.19 bits per heavy atom. The molecule has 3 aromatic rings. The van der Waals surface area contributed by atoms with Gasteiger partial charge >= 0.3 is 231 Å². The van der Waals surface area contributed by atoms with Gasteiger partial charge in [-0.3, -0.25) is 0 Å². The fraction of sp³-hybridized carbons (Fsp3) is 0.480. The van der Waals surface area contributed by atoms with Gasteiger partial charge in [-0.15, -0.1) is 0 Å². The molecule has 1 aliphatic heterocycles. The molecule has 2 aromatic heterocycles. The number of rotatable bonds is 6. The molecule has 0 unspecified atom stereocenters. The second-order valence-corrected chi connectivity index (χ2v) is 13.4. The van der Waals surface area contributed by atoms with Crippen molar-refractivity contribution in [2.45, 2.75) is 50.6 Å². The zero-order chi connectivity index (χ0) is 25.7. The maximum absolute atomic E-state index is 11.8. The van der Waals surface area contributed by atoms with Crippen LogP contribution in [0, 0.1) is 22.7 Å². The first-order valence-electron chi connectivity index (χ1n) is 12.3. The number of nitriles is 1. The van der Waals surface area contributed by atoms with Gasteiger partial charge in [0, 0.05) is 0 Å². The van der Waals surface area contributed by atoms with Crippen LogP contribution in [0.15, 0.2) is 18.3 Å². The van der Waals surface area contributed by atoms with Crippen LogP contribution in [0.3, 0.4) is 0 Å². The van der Waals surface area contributed by atoms with E-state index in [1.54, 1.807) is 18.3 Å². The molecule has 37 heavy (non-hydrogen) atoms. The summed E-state index contributed by atoms with van der Waals surface area (Å²) in [5.74, 6) is 0.260. The van der Waals surface area contributed by atoms with Crippen molar-refractivity contribution >= 4 is 70.9 Å². The molecule has 3 aliphatic rings. The average molecular weight is 601 g/mol. The fourth-order valence-corrected chi connectivity index (χ4v) is 8.88. The molecule has 2 saturated carbocycles. The number of nitrogens with two attached hydrogens (primary N) is 1. The number of carbonyl (C=O) groups excluding carboxylic acids is 1. The van der Waals surface area contributed by atoms with Gasteiger partial charge in [0.2, 0.25) is 0 Å². The third-order valence-corrected chi connectivity index (χ3v) is 11.5. The summed E-state index contributed by atoms with van der Waals surface area (Å²) < 4.78 is 9.26. The molecule has 0 bridgehead atoms. The van der Waals surface area contributed by atoms with E-state index in [-0.39, 0.29) is 17.9 Å². The van der Waals surface area contributed by atoms with Gasteiger partial charge < -0.3 is 0 Å². The van der Waals surface area contributed by atoms with Crippen molar-refractivity contribution in [3.8, 4) is 6.07 Å². The van der Waals surface area contributed by atoms with Crippen LogP contribution in [0.2, 0.25) is 10.0 Å². The number of carbonyl (C=O) groups is 1. The van der Waals surface area contributed by atoms with Gasteiger partial charge in [-0.2, -0.15) is 0 Å². The van der Waals surface area contributed by atoms with Crippen LogP contribution >= 0.6 is 23.2 Å². The predicted octanol–water partition coefficient (Wildman–Crippen LogP) is 2.47. The van der Waals surface area contributed by atoms with E-state index >= 15 is 0 Å². The summed E-state index contributed by atoms with van der Waals surface area (Å²) in [4.78, 5) is 26.2. The van der Waals surface area contributed by atoms with E-state index < -0.39 is 15.8 Å². The van der Waals surface area contributed by atoms with Crippen molar-refractivity contribution in [3.05, 3.63) is 33.9 Å². The summed E-state index contributed by atoms with van der Waals surface area (Å²) >= 11 is 12.4. The summed E-state index contributed by atoms with van der Waals surface area (Å²) in [6.45, 7) is 1.69. The zero-order valence-corrected chi connectivity index (χ0v) is 23.3. The molecule has 2 aliphatic carbocycles. The van der Waals surface area contributed by atoms with Crippen molar-refractivity contribution in [1.82, 2.24) is 19.5 Å². The van der Waals surface area contributed by atoms with Crippen LogP contribution in [0.5, 0.6) is 0 Å². The molecule has 1 saturated heterocycles. The van der Waals surface area contributed by atoms with Gasteiger partial charge in [-0.1, -0.05) is 0 Å². The third kappa shape index (κ3) is 4.70. The molecule has 0 atom stereocenters. The Labute approximate surface area is 230 Å². The third-order valence-electron chi connectivity index (χ3n) is 7.74. The minimum absolute atomic E-state index is 0.0987. The fourth-order valence-electron chi connectivity index (χ4n) is 5.72. The van der Waals surface area contributed by atoms with Gasteiger partial charge in [0.1, 0.15) is 0 Å². The Morgan fingerprint density at radius 3 is 2.49 bits per heavy atom. The zero-order valence-electron chi connectivity index (χ0n) is 20.0. The molecule has 3 N–H and O–H groups in total. The van der Waals surface area contributed by atoms with E-state index in [9.17, 15) is 10.1 Å². The number of aromatic nitrogens is 4. The van der Waals surface area contributed by atoms with E-state index in [4.69, 9.17) is 43.6 Å². The van der Waals surface area contributed by atoms with Crippen LogP contribution in [-0.4, -0.2) is 60.4 Å². The molecule has 1 spiro atoms. The van der Waals surface area contributed by atoms with Gasteiger partial charge in [-0.25, -0.2) is 0 Å². The number of hydrogen-bond donors (Lipinski definition) is 2. The SMILES string of the molecule is N#Cc1cc(Cl)c([As]c2nc3cnc(NC4CC5(COC5)C4)nc3n2C2CCC(C(N)=O)CC2)c(Cl)c1. The molecular formula is C25H25AsCl2N7O2. The van der Waals surface area contributed by atoms with E-state index in [0.29, 0.717) is 38.5 Å². The van der Waals surface area contributed by atoms with Gasteiger partial charge in [0.25, 0.3) is 0 Å². The van der Waals surface area contributed by atoms with E-state index in [0.717, 1.165) is 66.3 Å². The maximum atomic E-state index is 11.8. The molecule has 9 nitrogen and oxygen atoms in total. The Kier molecular flexibility index (Phi) is 6.56. The number of imidazole rings is 1. The molecular weight excluding hydrogens is 576 g/mol. The number of fused-ring (bicyclic) bond motifs is 1. The summed E-state index contributed by atoms with van der Waals surface area (Å²) in [5.41, 5.74) is 7.84. The molecule has 1 aromatic carbocycles. The minimum atomic E-state index is -0.708. The number of amides is 1. The standard InChI is InChI=1S/C25H25AsCl2N7O2/c27-17-5-13(9-29)6-18(28)20(17)26-23-33-19-10-31-24(32-15-7-25(8-15)11-37-12-25)34-22(19)35(23)16-3-1-14(2-4-16)21(30)36/h5-6,10,14-16H,1-4,7-8,11-12H2,(H2,30,36)(H,31,32,34).